The number of halogens is 1. The molecular formula is C27H28ClN5O. The molecule has 7 heteroatoms. The monoisotopic (exact) mass is 473 g/mol. The van der Waals surface area contributed by atoms with Crippen LogP contribution in [0, 0.1) is 23.2 Å². The van der Waals surface area contributed by atoms with Crippen molar-refractivity contribution in [3.05, 3.63) is 81.7 Å². The molecule has 2 heterocycles. The molecule has 0 bridgehead atoms. The van der Waals surface area contributed by atoms with E-state index in [0.29, 0.717) is 45.1 Å². The van der Waals surface area contributed by atoms with Crippen molar-refractivity contribution >= 4 is 28.6 Å². The van der Waals surface area contributed by atoms with Crippen LogP contribution in [0.5, 0.6) is 0 Å². The maximum atomic E-state index is 14.2. The van der Waals surface area contributed by atoms with Crippen LogP contribution in [0.1, 0.15) is 33.3 Å². The molecule has 4 rings (SSSR count). The summed E-state index contributed by atoms with van der Waals surface area (Å²) in [5.41, 5.74) is 2.39. The Morgan fingerprint density at radius 2 is 1.59 bits per heavy atom. The molecule has 6 nitrogen and oxygen atoms in total. The lowest BCUT2D eigenvalue weighted by Crippen LogP contribution is -2.37. The van der Waals surface area contributed by atoms with E-state index in [0.717, 1.165) is 18.8 Å². The number of hydrogen-bond donors (Lipinski definition) is 0. The Kier molecular flexibility index (Phi) is 6.76. The van der Waals surface area contributed by atoms with Crippen molar-refractivity contribution in [2.75, 3.05) is 18.0 Å². The van der Waals surface area contributed by atoms with Crippen LogP contribution in [0.3, 0.4) is 0 Å². The summed E-state index contributed by atoms with van der Waals surface area (Å²) in [6.07, 6.45) is 1.69. The second-order valence-corrected chi connectivity index (χ2v) is 9.72. The Bertz CT molecular complexity index is 1390. The minimum Gasteiger partial charge on any atom is -0.341 e. The molecule has 0 saturated heterocycles. The first kappa shape index (κ1) is 23.6. The Morgan fingerprint density at radius 3 is 2.15 bits per heavy atom. The average molecular weight is 474 g/mol. The fourth-order valence-corrected chi connectivity index (χ4v) is 4.32. The molecule has 0 unspecified atom stereocenters. The third-order valence-corrected chi connectivity index (χ3v) is 5.74. The first-order valence-electron chi connectivity index (χ1n) is 11.4. The highest BCUT2D eigenvalue weighted by Crippen LogP contribution is 2.27. The van der Waals surface area contributed by atoms with Gasteiger partial charge in [-0.15, -0.1) is 0 Å². The molecule has 0 fully saturated rings. The summed E-state index contributed by atoms with van der Waals surface area (Å²) in [7, 11) is 0. The Labute approximate surface area is 204 Å². The molecule has 0 aliphatic carbocycles. The van der Waals surface area contributed by atoms with Crippen LogP contribution in [-0.4, -0.2) is 27.2 Å². The van der Waals surface area contributed by atoms with Gasteiger partial charge in [0.15, 0.2) is 0 Å². The van der Waals surface area contributed by atoms with Gasteiger partial charge in [-0.25, -0.2) is 9.55 Å². The minimum atomic E-state index is -0.231. The summed E-state index contributed by atoms with van der Waals surface area (Å²) in [5.74, 6) is 1.24. The molecule has 0 spiro atoms. The SMILES string of the molecule is CC(C)CN(CC(C)C)c1nc2c(C#N)cn(-c3ccccc3)c2c(=O)n1-c1ccc(Cl)cc1. The van der Waals surface area contributed by atoms with Gasteiger partial charge >= 0.3 is 0 Å². The van der Waals surface area contributed by atoms with Crippen molar-refractivity contribution in [1.82, 2.24) is 14.1 Å². The van der Waals surface area contributed by atoms with Gasteiger partial charge in [0.1, 0.15) is 17.1 Å². The van der Waals surface area contributed by atoms with Gasteiger partial charge < -0.3 is 9.47 Å². The Hall–Kier alpha value is -3.56. The van der Waals surface area contributed by atoms with Gasteiger partial charge in [0.05, 0.1) is 11.3 Å². The van der Waals surface area contributed by atoms with E-state index in [2.05, 4.69) is 38.7 Å². The molecule has 34 heavy (non-hydrogen) atoms. The van der Waals surface area contributed by atoms with Crippen molar-refractivity contribution in [2.24, 2.45) is 11.8 Å². The number of nitrogens with zero attached hydrogens (tertiary/aromatic N) is 5. The highest BCUT2D eigenvalue weighted by atomic mass is 35.5. The number of fused-ring (bicyclic) bond motifs is 1. The standard InChI is InChI=1S/C27H28ClN5O/c1-18(2)15-31(16-19(3)4)27-30-24-20(14-29)17-32(22-8-6-5-7-9-22)25(24)26(34)33(27)23-12-10-21(28)11-13-23/h5-13,17-19H,15-16H2,1-4H3. The lowest BCUT2D eigenvalue weighted by atomic mass is 10.1. The lowest BCUT2D eigenvalue weighted by molar-refractivity contribution is 0.540. The quantitative estimate of drug-likeness (QED) is 0.339. The average Bonchev–Trinajstić information content (AvgIpc) is 3.18. The van der Waals surface area contributed by atoms with E-state index in [1.165, 1.54) is 0 Å². The van der Waals surface area contributed by atoms with Crippen molar-refractivity contribution in [3.63, 3.8) is 0 Å². The summed E-state index contributed by atoms with van der Waals surface area (Å²) in [6.45, 7) is 10.0. The van der Waals surface area contributed by atoms with Crippen LogP contribution < -0.4 is 10.5 Å². The van der Waals surface area contributed by atoms with Gasteiger partial charge in [-0.2, -0.15) is 5.26 Å². The predicted molar refractivity (Wildman–Crippen MR) is 138 cm³/mol. The molecular weight excluding hydrogens is 446 g/mol. The largest absolute Gasteiger partial charge is 0.341 e. The second-order valence-electron chi connectivity index (χ2n) is 9.28. The molecule has 4 aromatic rings. The van der Waals surface area contributed by atoms with Gasteiger partial charge in [-0.05, 0) is 48.2 Å². The van der Waals surface area contributed by atoms with E-state index in [1.807, 2.05) is 42.5 Å². The number of para-hydroxylation sites is 1. The molecule has 2 aromatic carbocycles. The van der Waals surface area contributed by atoms with Crippen molar-refractivity contribution in [1.29, 1.82) is 5.26 Å². The highest BCUT2D eigenvalue weighted by molar-refractivity contribution is 6.30. The number of rotatable bonds is 7. The molecule has 0 N–H and O–H groups in total. The maximum Gasteiger partial charge on any atom is 0.284 e. The number of nitriles is 1. The zero-order valence-electron chi connectivity index (χ0n) is 19.9. The summed E-state index contributed by atoms with van der Waals surface area (Å²) < 4.78 is 3.40. The zero-order chi connectivity index (χ0) is 24.4. The van der Waals surface area contributed by atoms with E-state index < -0.39 is 0 Å². The summed E-state index contributed by atoms with van der Waals surface area (Å²) in [5, 5.41) is 10.5. The first-order chi connectivity index (χ1) is 16.3. The first-order valence-corrected chi connectivity index (χ1v) is 11.8. The van der Waals surface area contributed by atoms with E-state index in [-0.39, 0.29) is 5.56 Å². The van der Waals surface area contributed by atoms with Crippen LogP contribution in [-0.2, 0) is 0 Å². The molecule has 2 aromatic heterocycles. The van der Waals surface area contributed by atoms with Crippen LogP contribution in [0.15, 0.2) is 65.6 Å². The summed E-state index contributed by atoms with van der Waals surface area (Å²) >= 11 is 6.15. The van der Waals surface area contributed by atoms with E-state index in [4.69, 9.17) is 16.6 Å². The van der Waals surface area contributed by atoms with E-state index in [9.17, 15) is 10.1 Å². The summed E-state index contributed by atoms with van der Waals surface area (Å²) in [6, 6.07) is 19.0. The van der Waals surface area contributed by atoms with Gasteiger partial charge in [0.25, 0.3) is 5.56 Å². The summed E-state index contributed by atoms with van der Waals surface area (Å²) in [4.78, 5) is 21.3. The van der Waals surface area contributed by atoms with Gasteiger partial charge in [-0.1, -0.05) is 57.5 Å². The smallest absolute Gasteiger partial charge is 0.284 e. The van der Waals surface area contributed by atoms with Crippen molar-refractivity contribution in [2.45, 2.75) is 27.7 Å². The molecule has 0 aliphatic heterocycles. The number of aromatic nitrogens is 3. The Balaban J connectivity index is 2.10. The van der Waals surface area contributed by atoms with Crippen LogP contribution >= 0.6 is 11.6 Å². The lowest BCUT2D eigenvalue weighted by Gasteiger charge is -2.29. The van der Waals surface area contributed by atoms with Gasteiger partial charge in [0.2, 0.25) is 5.95 Å². The molecule has 0 saturated carbocycles. The van der Waals surface area contributed by atoms with Gasteiger partial charge in [0, 0.05) is 30.0 Å². The normalized spacial score (nSPS) is 11.4. The predicted octanol–water partition coefficient (Wildman–Crippen LogP) is 5.82. The molecule has 0 aliphatic rings. The number of hydrogen-bond acceptors (Lipinski definition) is 4. The van der Waals surface area contributed by atoms with Crippen molar-refractivity contribution in [3.8, 4) is 17.4 Å². The molecule has 174 valence electrons. The van der Waals surface area contributed by atoms with Gasteiger partial charge in [-0.3, -0.25) is 4.79 Å². The third kappa shape index (κ3) is 4.57. The highest BCUT2D eigenvalue weighted by Gasteiger charge is 2.24. The molecule has 0 amide bonds. The topological polar surface area (TPSA) is 66.8 Å². The van der Waals surface area contributed by atoms with Crippen LogP contribution in [0.2, 0.25) is 5.02 Å². The number of benzene rings is 2. The fraction of sp³-hybridized carbons (Fsp3) is 0.296. The van der Waals surface area contributed by atoms with Crippen LogP contribution in [0.4, 0.5) is 5.95 Å². The van der Waals surface area contributed by atoms with E-state index in [1.54, 1.807) is 27.5 Å². The Morgan fingerprint density at radius 1 is 0.971 bits per heavy atom. The second kappa shape index (κ2) is 9.74. The maximum absolute atomic E-state index is 14.2. The minimum absolute atomic E-state index is 0.231. The third-order valence-electron chi connectivity index (χ3n) is 5.49. The molecule has 0 radical (unpaired) electrons. The zero-order valence-corrected chi connectivity index (χ0v) is 20.6. The number of anilines is 1. The van der Waals surface area contributed by atoms with Crippen LogP contribution in [0.25, 0.3) is 22.4 Å². The van der Waals surface area contributed by atoms with Crippen molar-refractivity contribution < 1.29 is 0 Å². The fourth-order valence-electron chi connectivity index (χ4n) is 4.19. The molecule has 0 atom stereocenters. The van der Waals surface area contributed by atoms with E-state index >= 15 is 0 Å².